The second kappa shape index (κ2) is 9.55. The second-order valence-electron chi connectivity index (χ2n) is 8.03. The van der Waals surface area contributed by atoms with Crippen LogP contribution in [0.4, 0.5) is 0 Å². The highest BCUT2D eigenvalue weighted by molar-refractivity contribution is 6.04. The van der Waals surface area contributed by atoms with Gasteiger partial charge in [0.1, 0.15) is 5.76 Å². The summed E-state index contributed by atoms with van der Waals surface area (Å²) in [5.74, 6) is -0.296. The molecule has 0 radical (unpaired) electrons. The van der Waals surface area contributed by atoms with E-state index in [1.165, 1.54) is 6.07 Å². The molecule has 4 aromatic carbocycles. The number of carbonyl (C=O) groups excluding carboxylic acids is 1. The molecule has 0 fully saturated rings. The molecule has 34 heavy (non-hydrogen) atoms. The average molecular weight is 443 g/mol. The van der Waals surface area contributed by atoms with Crippen LogP contribution < -0.4 is 5.63 Å². The minimum Gasteiger partial charge on any atom is -0.422 e. The lowest BCUT2D eigenvalue weighted by Gasteiger charge is -2.22. The molecule has 0 amide bonds. The van der Waals surface area contributed by atoms with E-state index in [9.17, 15) is 9.59 Å². The summed E-state index contributed by atoms with van der Waals surface area (Å²) in [6.45, 7) is 0. The normalized spacial score (nSPS) is 11.6. The summed E-state index contributed by atoms with van der Waals surface area (Å²) in [6, 6.07) is 39.6. The number of ketones is 1. The minimum absolute atomic E-state index is 0.0754. The Labute approximate surface area is 198 Å². The first-order valence-electron chi connectivity index (χ1n) is 11.2. The van der Waals surface area contributed by atoms with Gasteiger partial charge in [0.25, 0.3) is 0 Å². The maximum atomic E-state index is 14.0. The third-order valence-electron chi connectivity index (χ3n) is 5.85. The molecule has 5 aromatic rings. The maximum Gasteiger partial charge on any atom is 0.336 e. The van der Waals surface area contributed by atoms with Gasteiger partial charge in [-0.3, -0.25) is 4.79 Å². The van der Waals surface area contributed by atoms with Crippen molar-refractivity contribution in [3.05, 3.63) is 155 Å². The molecule has 164 valence electrons. The SMILES string of the molecule is O=C(c1ccccc1)C(c1ccccc1)c1cc(=O)oc(-c2ccccc2)c1-c1ccccc1. The van der Waals surface area contributed by atoms with Crippen LogP contribution in [0.25, 0.3) is 22.5 Å². The Morgan fingerprint density at radius 1 is 0.618 bits per heavy atom. The van der Waals surface area contributed by atoms with E-state index in [1.54, 1.807) is 0 Å². The molecule has 0 aliphatic heterocycles. The minimum atomic E-state index is -0.676. The molecule has 0 N–H and O–H groups in total. The highest BCUT2D eigenvalue weighted by atomic mass is 16.4. The largest absolute Gasteiger partial charge is 0.422 e. The van der Waals surface area contributed by atoms with Gasteiger partial charge < -0.3 is 4.42 Å². The van der Waals surface area contributed by atoms with Gasteiger partial charge in [-0.15, -0.1) is 0 Å². The Kier molecular flexibility index (Phi) is 6.00. The smallest absolute Gasteiger partial charge is 0.336 e. The first kappa shape index (κ1) is 21.4. The van der Waals surface area contributed by atoms with Gasteiger partial charge in [0, 0.05) is 22.8 Å². The summed E-state index contributed by atoms with van der Waals surface area (Å²) in [6.07, 6.45) is 0. The first-order chi connectivity index (χ1) is 16.7. The van der Waals surface area contributed by atoms with Crippen LogP contribution in [-0.2, 0) is 0 Å². The van der Waals surface area contributed by atoms with Crippen molar-refractivity contribution in [2.24, 2.45) is 0 Å². The molecule has 1 heterocycles. The van der Waals surface area contributed by atoms with E-state index in [0.717, 1.165) is 22.3 Å². The van der Waals surface area contributed by atoms with Crippen molar-refractivity contribution in [3.8, 4) is 22.5 Å². The standard InChI is InChI=1S/C31H22O3/c32-27-21-26(28(22-13-5-1-6-14-22)30(33)24-17-9-3-10-18-24)29(23-15-7-2-8-16-23)31(34-27)25-19-11-4-12-20-25/h1-21,28H. The van der Waals surface area contributed by atoms with Crippen LogP contribution in [0.3, 0.4) is 0 Å². The zero-order valence-corrected chi connectivity index (χ0v) is 18.4. The van der Waals surface area contributed by atoms with Gasteiger partial charge in [-0.1, -0.05) is 121 Å². The zero-order valence-electron chi connectivity index (χ0n) is 18.4. The van der Waals surface area contributed by atoms with Gasteiger partial charge >= 0.3 is 5.63 Å². The van der Waals surface area contributed by atoms with Gasteiger partial charge in [-0.25, -0.2) is 4.79 Å². The average Bonchev–Trinajstić information content (AvgIpc) is 2.90. The first-order valence-corrected chi connectivity index (χ1v) is 11.2. The summed E-state index contributed by atoms with van der Waals surface area (Å²) in [4.78, 5) is 26.8. The van der Waals surface area contributed by atoms with Gasteiger partial charge in [-0.05, 0) is 16.7 Å². The van der Waals surface area contributed by atoms with Gasteiger partial charge in [0.05, 0.1) is 5.92 Å². The van der Waals surface area contributed by atoms with Crippen LogP contribution >= 0.6 is 0 Å². The number of rotatable bonds is 6. The number of hydrogen-bond acceptors (Lipinski definition) is 3. The Hall–Kier alpha value is -4.50. The van der Waals surface area contributed by atoms with Gasteiger partial charge in [0.15, 0.2) is 5.78 Å². The topological polar surface area (TPSA) is 47.3 Å². The van der Waals surface area contributed by atoms with Gasteiger partial charge in [-0.2, -0.15) is 0 Å². The third kappa shape index (κ3) is 4.24. The predicted molar refractivity (Wildman–Crippen MR) is 135 cm³/mol. The fourth-order valence-corrected chi connectivity index (χ4v) is 4.32. The molecule has 3 nitrogen and oxygen atoms in total. The van der Waals surface area contributed by atoms with Crippen LogP contribution in [-0.4, -0.2) is 5.78 Å². The summed E-state index contributed by atoms with van der Waals surface area (Å²) >= 11 is 0. The Bertz CT molecular complexity index is 1460. The van der Waals surface area contributed by atoms with Crippen molar-refractivity contribution in [1.29, 1.82) is 0 Å². The molecular formula is C31H22O3. The fourth-order valence-electron chi connectivity index (χ4n) is 4.32. The van der Waals surface area contributed by atoms with E-state index in [0.29, 0.717) is 16.9 Å². The molecule has 3 heteroatoms. The van der Waals surface area contributed by atoms with E-state index in [4.69, 9.17) is 4.42 Å². The fraction of sp³-hybridized carbons (Fsp3) is 0.0323. The molecule has 0 saturated carbocycles. The van der Waals surface area contributed by atoms with E-state index < -0.39 is 11.5 Å². The number of Topliss-reactive ketones (excluding diaryl/α,β-unsaturated/α-hetero) is 1. The van der Waals surface area contributed by atoms with Crippen molar-refractivity contribution in [2.45, 2.75) is 5.92 Å². The van der Waals surface area contributed by atoms with Crippen LogP contribution in [0.15, 0.2) is 137 Å². The highest BCUT2D eigenvalue weighted by Crippen LogP contribution is 2.40. The van der Waals surface area contributed by atoms with Crippen LogP contribution in [0.5, 0.6) is 0 Å². The lowest BCUT2D eigenvalue weighted by Crippen LogP contribution is -2.18. The van der Waals surface area contributed by atoms with Crippen molar-refractivity contribution < 1.29 is 9.21 Å². The quantitative estimate of drug-likeness (QED) is 0.266. The number of benzene rings is 4. The lowest BCUT2D eigenvalue weighted by atomic mass is 9.80. The van der Waals surface area contributed by atoms with Gasteiger partial charge in [0.2, 0.25) is 0 Å². The van der Waals surface area contributed by atoms with E-state index >= 15 is 0 Å². The maximum absolute atomic E-state index is 14.0. The Balaban J connectivity index is 1.84. The molecule has 0 saturated heterocycles. The van der Waals surface area contributed by atoms with E-state index in [-0.39, 0.29) is 5.78 Å². The molecule has 0 spiro atoms. The van der Waals surface area contributed by atoms with Crippen molar-refractivity contribution in [1.82, 2.24) is 0 Å². The molecule has 1 unspecified atom stereocenters. The molecule has 0 aliphatic rings. The Morgan fingerprint density at radius 3 is 1.71 bits per heavy atom. The summed E-state index contributed by atoms with van der Waals surface area (Å²) < 4.78 is 5.79. The summed E-state index contributed by atoms with van der Waals surface area (Å²) in [5, 5.41) is 0. The zero-order chi connectivity index (χ0) is 23.3. The highest BCUT2D eigenvalue weighted by Gasteiger charge is 2.29. The predicted octanol–water partition coefficient (Wildman–Crippen LogP) is 6.99. The summed E-state index contributed by atoms with van der Waals surface area (Å²) in [5.41, 5.74) is 3.94. The molecule has 0 aliphatic carbocycles. The van der Waals surface area contributed by atoms with Crippen LogP contribution in [0.1, 0.15) is 27.4 Å². The van der Waals surface area contributed by atoms with Crippen molar-refractivity contribution in [2.75, 3.05) is 0 Å². The summed E-state index contributed by atoms with van der Waals surface area (Å²) in [7, 11) is 0. The monoisotopic (exact) mass is 442 g/mol. The lowest BCUT2D eigenvalue weighted by molar-refractivity contribution is 0.0974. The molecule has 0 bridgehead atoms. The third-order valence-corrected chi connectivity index (χ3v) is 5.85. The Morgan fingerprint density at radius 2 is 1.12 bits per heavy atom. The number of carbonyl (C=O) groups is 1. The van der Waals surface area contributed by atoms with E-state index in [2.05, 4.69) is 0 Å². The van der Waals surface area contributed by atoms with Crippen LogP contribution in [0.2, 0.25) is 0 Å². The molecular weight excluding hydrogens is 420 g/mol. The van der Waals surface area contributed by atoms with Crippen molar-refractivity contribution in [3.63, 3.8) is 0 Å². The number of hydrogen-bond donors (Lipinski definition) is 0. The molecule has 1 atom stereocenters. The van der Waals surface area contributed by atoms with Crippen molar-refractivity contribution >= 4 is 5.78 Å². The second-order valence-corrected chi connectivity index (χ2v) is 8.03. The van der Waals surface area contributed by atoms with Crippen LogP contribution in [0, 0.1) is 0 Å². The van der Waals surface area contributed by atoms with E-state index in [1.807, 2.05) is 121 Å². The molecule has 1 aromatic heterocycles. The molecule has 5 rings (SSSR count).